The summed E-state index contributed by atoms with van der Waals surface area (Å²) in [6, 6.07) is 4.24. The van der Waals surface area contributed by atoms with Gasteiger partial charge in [0, 0.05) is 23.0 Å². The SMILES string of the molecule is NCC#Cc1ccc(CSCC2CCCO2)s1. The van der Waals surface area contributed by atoms with Gasteiger partial charge in [0.15, 0.2) is 0 Å². The third-order valence-corrected chi connectivity index (χ3v) is 4.85. The average molecular weight is 267 g/mol. The molecule has 1 unspecified atom stereocenters. The molecule has 2 nitrogen and oxygen atoms in total. The summed E-state index contributed by atoms with van der Waals surface area (Å²) in [5.41, 5.74) is 5.35. The van der Waals surface area contributed by atoms with Crippen LogP contribution < -0.4 is 5.73 Å². The zero-order valence-corrected chi connectivity index (χ0v) is 11.4. The number of rotatable bonds is 4. The van der Waals surface area contributed by atoms with Crippen molar-refractivity contribution < 1.29 is 4.74 Å². The second kappa shape index (κ2) is 7.07. The van der Waals surface area contributed by atoms with Gasteiger partial charge in [-0.05, 0) is 25.0 Å². The van der Waals surface area contributed by atoms with Crippen molar-refractivity contribution in [3.63, 3.8) is 0 Å². The number of thiophene rings is 1. The van der Waals surface area contributed by atoms with Crippen molar-refractivity contribution in [2.45, 2.75) is 24.7 Å². The molecule has 0 aromatic carbocycles. The lowest BCUT2D eigenvalue weighted by Gasteiger charge is -2.07. The van der Waals surface area contributed by atoms with Crippen LogP contribution in [0.4, 0.5) is 0 Å². The number of hydrogen-bond donors (Lipinski definition) is 1. The molecule has 4 heteroatoms. The van der Waals surface area contributed by atoms with Crippen LogP contribution in [0.3, 0.4) is 0 Å². The molecule has 1 fully saturated rings. The molecule has 1 aliphatic heterocycles. The van der Waals surface area contributed by atoms with E-state index < -0.39 is 0 Å². The molecule has 1 aliphatic rings. The van der Waals surface area contributed by atoms with E-state index in [9.17, 15) is 0 Å². The van der Waals surface area contributed by atoms with Crippen molar-refractivity contribution in [2.75, 3.05) is 18.9 Å². The zero-order chi connectivity index (χ0) is 11.9. The van der Waals surface area contributed by atoms with E-state index in [1.165, 1.54) is 17.7 Å². The molecule has 92 valence electrons. The number of ether oxygens (including phenoxy) is 1. The van der Waals surface area contributed by atoms with E-state index in [1.54, 1.807) is 11.3 Å². The van der Waals surface area contributed by atoms with E-state index >= 15 is 0 Å². The number of hydrogen-bond acceptors (Lipinski definition) is 4. The smallest absolute Gasteiger partial charge is 0.0772 e. The molecule has 0 radical (unpaired) electrons. The molecule has 17 heavy (non-hydrogen) atoms. The Morgan fingerprint density at radius 2 is 2.47 bits per heavy atom. The third-order valence-electron chi connectivity index (χ3n) is 2.55. The van der Waals surface area contributed by atoms with E-state index in [4.69, 9.17) is 10.5 Å². The molecule has 2 rings (SSSR count). The van der Waals surface area contributed by atoms with Crippen molar-refractivity contribution in [1.29, 1.82) is 0 Å². The summed E-state index contributed by atoms with van der Waals surface area (Å²) in [7, 11) is 0. The highest BCUT2D eigenvalue weighted by Gasteiger charge is 2.15. The first-order valence-corrected chi connectivity index (χ1v) is 7.82. The van der Waals surface area contributed by atoms with E-state index in [-0.39, 0.29) is 0 Å². The fourth-order valence-electron chi connectivity index (χ4n) is 1.73. The highest BCUT2D eigenvalue weighted by Crippen LogP contribution is 2.24. The lowest BCUT2D eigenvalue weighted by molar-refractivity contribution is 0.129. The van der Waals surface area contributed by atoms with Crippen molar-refractivity contribution >= 4 is 23.1 Å². The van der Waals surface area contributed by atoms with Gasteiger partial charge in [0.1, 0.15) is 0 Å². The zero-order valence-electron chi connectivity index (χ0n) is 9.78. The Labute approximate surface area is 111 Å². The van der Waals surface area contributed by atoms with Crippen molar-refractivity contribution in [2.24, 2.45) is 5.73 Å². The summed E-state index contributed by atoms with van der Waals surface area (Å²) in [6.07, 6.45) is 2.93. The Morgan fingerprint density at radius 3 is 3.24 bits per heavy atom. The first-order valence-electron chi connectivity index (χ1n) is 5.85. The predicted octanol–water partition coefficient (Wildman–Crippen LogP) is 2.47. The Balaban J connectivity index is 1.73. The molecule has 0 saturated carbocycles. The normalized spacial score (nSPS) is 19.0. The molecule has 2 heterocycles. The van der Waals surface area contributed by atoms with Crippen LogP contribution >= 0.6 is 23.1 Å². The van der Waals surface area contributed by atoms with Crippen LogP contribution in [-0.4, -0.2) is 25.0 Å². The number of thioether (sulfide) groups is 1. The van der Waals surface area contributed by atoms with Gasteiger partial charge in [0.2, 0.25) is 0 Å². The monoisotopic (exact) mass is 267 g/mol. The van der Waals surface area contributed by atoms with Crippen LogP contribution in [0.1, 0.15) is 22.6 Å². The fourth-order valence-corrected chi connectivity index (χ4v) is 3.83. The van der Waals surface area contributed by atoms with Gasteiger partial charge in [-0.15, -0.1) is 11.3 Å². The molecule has 1 atom stereocenters. The first-order chi connectivity index (χ1) is 8.38. The molecule has 0 amide bonds. The van der Waals surface area contributed by atoms with Crippen LogP contribution in [0.25, 0.3) is 0 Å². The van der Waals surface area contributed by atoms with E-state index in [2.05, 4.69) is 24.0 Å². The topological polar surface area (TPSA) is 35.2 Å². The van der Waals surface area contributed by atoms with Crippen molar-refractivity contribution in [3.8, 4) is 11.8 Å². The van der Waals surface area contributed by atoms with Gasteiger partial charge in [-0.2, -0.15) is 11.8 Å². The molecular weight excluding hydrogens is 250 g/mol. The van der Waals surface area contributed by atoms with Crippen LogP contribution in [0.2, 0.25) is 0 Å². The van der Waals surface area contributed by atoms with Gasteiger partial charge < -0.3 is 10.5 Å². The summed E-state index contributed by atoms with van der Waals surface area (Å²) in [5.74, 6) is 8.12. The number of nitrogens with two attached hydrogens (primary N) is 1. The minimum atomic E-state index is 0.432. The second-order valence-electron chi connectivity index (χ2n) is 3.92. The van der Waals surface area contributed by atoms with E-state index in [0.29, 0.717) is 12.6 Å². The Morgan fingerprint density at radius 1 is 1.53 bits per heavy atom. The average Bonchev–Trinajstić information content (AvgIpc) is 2.98. The lowest BCUT2D eigenvalue weighted by Crippen LogP contribution is -2.07. The van der Waals surface area contributed by atoms with Crippen LogP contribution in [0, 0.1) is 11.8 Å². The van der Waals surface area contributed by atoms with E-state index in [1.807, 2.05) is 11.8 Å². The maximum absolute atomic E-state index is 5.60. The lowest BCUT2D eigenvalue weighted by atomic mass is 10.3. The molecular formula is C13H17NOS2. The van der Waals surface area contributed by atoms with Crippen molar-refractivity contribution in [3.05, 3.63) is 21.9 Å². The largest absolute Gasteiger partial charge is 0.377 e. The van der Waals surface area contributed by atoms with Crippen molar-refractivity contribution in [1.82, 2.24) is 0 Å². The van der Waals surface area contributed by atoms with Gasteiger partial charge in [-0.1, -0.05) is 11.8 Å². The van der Waals surface area contributed by atoms with E-state index in [0.717, 1.165) is 23.0 Å². The Hall–Kier alpha value is -0.470. The minimum Gasteiger partial charge on any atom is -0.377 e. The Kier molecular flexibility index (Phi) is 5.40. The fraction of sp³-hybridized carbons (Fsp3) is 0.538. The predicted molar refractivity (Wildman–Crippen MR) is 75.4 cm³/mol. The summed E-state index contributed by atoms with van der Waals surface area (Å²) in [6.45, 7) is 1.38. The maximum Gasteiger partial charge on any atom is 0.0772 e. The highest BCUT2D eigenvalue weighted by molar-refractivity contribution is 7.98. The molecule has 1 saturated heterocycles. The van der Waals surface area contributed by atoms with Gasteiger partial charge in [0.25, 0.3) is 0 Å². The van der Waals surface area contributed by atoms with Crippen LogP contribution in [0.5, 0.6) is 0 Å². The van der Waals surface area contributed by atoms with Gasteiger partial charge in [0.05, 0.1) is 17.5 Å². The molecule has 2 N–H and O–H groups in total. The van der Waals surface area contributed by atoms with Gasteiger partial charge in [-0.25, -0.2) is 0 Å². The molecule has 1 aromatic rings. The Bertz CT molecular complexity index is 399. The quantitative estimate of drug-likeness (QED) is 0.851. The molecule has 0 spiro atoms. The maximum atomic E-state index is 5.60. The minimum absolute atomic E-state index is 0.432. The summed E-state index contributed by atoms with van der Waals surface area (Å²) < 4.78 is 5.60. The van der Waals surface area contributed by atoms with Crippen LogP contribution in [0.15, 0.2) is 12.1 Å². The summed E-state index contributed by atoms with van der Waals surface area (Å²) in [5, 5.41) is 0. The summed E-state index contributed by atoms with van der Waals surface area (Å²) >= 11 is 3.72. The molecule has 0 aliphatic carbocycles. The first kappa shape index (κ1) is 13.0. The van der Waals surface area contributed by atoms with Gasteiger partial charge >= 0.3 is 0 Å². The third kappa shape index (κ3) is 4.36. The second-order valence-corrected chi connectivity index (χ2v) is 6.12. The molecule has 0 bridgehead atoms. The highest BCUT2D eigenvalue weighted by atomic mass is 32.2. The van der Waals surface area contributed by atoms with Gasteiger partial charge in [-0.3, -0.25) is 0 Å². The molecule has 1 aromatic heterocycles. The van der Waals surface area contributed by atoms with Crippen LogP contribution in [-0.2, 0) is 10.5 Å². The summed E-state index contributed by atoms with van der Waals surface area (Å²) in [4.78, 5) is 2.50. The standard InChI is InChI=1S/C13H17NOS2/c14-7-1-4-12-5-6-13(17-12)10-16-9-11-3-2-8-15-11/h5-6,11H,2-3,7-10,14H2.